The Hall–Kier alpha value is -3.68. The molecule has 8 heterocycles. The van der Waals surface area contributed by atoms with E-state index in [1.54, 1.807) is 0 Å². The van der Waals surface area contributed by atoms with Crippen molar-refractivity contribution in [3.63, 3.8) is 0 Å². The molecule has 0 aromatic rings. The van der Waals surface area contributed by atoms with Crippen molar-refractivity contribution in [2.24, 2.45) is 0 Å². The van der Waals surface area contributed by atoms with Crippen LogP contribution in [0.15, 0.2) is 0 Å². The summed E-state index contributed by atoms with van der Waals surface area (Å²) in [6, 6.07) is -6.43. The third-order valence-corrected chi connectivity index (χ3v) is 18.8. The van der Waals surface area contributed by atoms with E-state index in [2.05, 4.69) is 21.3 Å². The van der Waals surface area contributed by atoms with Gasteiger partial charge in [0.1, 0.15) is 195 Å². The molecule has 0 aromatic heterocycles. The van der Waals surface area contributed by atoms with Gasteiger partial charge in [-0.05, 0) is 0 Å². The summed E-state index contributed by atoms with van der Waals surface area (Å²) >= 11 is 0. The van der Waals surface area contributed by atoms with Crippen molar-refractivity contribution in [1.82, 2.24) is 21.3 Å². The third-order valence-electron chi connectivity index (χ3n) is 18.8. The van der Waals surface area contributed by atoms with Crippen molar-refractivity contribution in [3.8, 4) is 0 Å². The number of rotatable bonds is 31. The zero-order chi connectivity index (χ0) is 77.3. The van der Waals surface area contributed by atoms with Gasteiger partial charge in [-0.25, -0.2) is 0 Å². The van der Waals surface area contributed by atoms with Crippen LogP contribution in [0, 0.1) is 0 Å². The van der Waals surface area contributed by atoms with Crippen molar-refractivity contribution in [1.29, 1.82) is 0 Å². The second-order valence-corrected chi connectivity index (χ2v) is 26.1. The molecule has 0 unspecified atom stereocenters. The van der Waals surface area contributed by atoms with Crippen LogP contribution in [0.25, 0.3) is 0 Å². The first-order valence-electron chi connectivity index (χ1n) is 33.3. The molecule has 8 saturated heterocycles. The lowest BCUT2D eigenvalue weighted by Crippen LogP contribution is -2.70. The number of ether oxygens (including phenoxy) is 16. The maximum absolute atomic E-state index is 12.8. The number of nitrogens with one attached hydrogen (secondary N) is 4. The van der Waals surface area contributed by atoms with Crippen LogP contribution in [0.2, 0.25) is 0 Å². The monoisotopic (exact) mass is 1540 g/mol. The topological polar surface area (TPSA) is 729 Å². The highest BCUT2D eigenvalue weighted by atomic mass is 16.8. The molecule has 0 spiro atoms. The van der Waals surface area contributed by atoms with Crippen LogP contribution >= 0.6 is 0 Å². The Morgan fingerprint density at radius 1 is 0.314 bits per heavy atom. The summed E-state index contributed by atoms with van der Waals surface area (Å²) in [6.45, 7) is -6.28. The smallest absolute Gasteiger partial charge is 0.217 e. The molecular weight excluding hydrogens is 1440 g/mol. The maximum atomic E-state index is 12.8. The summed E-state index contributed by atoms with van der Waals surface area (Å²) in [5, 5.41) is 261. The van der Waals surface area contributed by atoms with E-state index in [4.69, 9.17) is 75.8 Å². The number of aliphatic hydroxyl groups is 23. The van der Waals surface area contributed by atoms with Crippen molar-refractivity contribution in [3.05, 3.63) is 0 Å². The Labute approximate surface area is 594 Å². The molecule has 47 heteroatoms. The van der Waals surface area contributed by atoms with Gasteiger partial charge < -0.3 is 215 Å². The van der Waals surface area contributed by atoms with Gasteiger partial charge in [0.25, 0.3) is 0 Å². The fourth-order valence-electron chi connectivity index (χ4n) is 13.2. The Morgan fingerprint density at radius 2 is 0.600 bits per heavy atom. The van der Waals surface area contributed by atoms with Gasteiger partial charge in [0.15, 0.2) is 50.3 Å². The van der Waals surface area contributed by atoms with Crippen LogP contribution in [0.1, 0.15) is 20.8 Å². The lowest BCUT2D eigenvalue weighted by molar-refractivity contribution is -0.383. The van der Waals surface area contributed by atoms with Crippen LogP contribution in [0.4, 0.5) is 0 Å². The fourth-order valence-corrected chi connectivity index (χ4v) is 13.2. The van der Waals surface area contributed by atoms with Gasteiger partial charge in [-0.1, -0.05) is 0 Å². The van der Waals surface area contributed by atoms with Crippen LogP contribution in [0.3, 0.4) is 0 Å². The lowest BCUT2D eigenvalue weighted by atomic mass is 9.94. The number of aliphatic hydroxyl groups excluding tert-OH is 23. The highest BCUT2D eigenvalue weighted by Gasteiger charge is 2.60. The summed E-state index contributed by atoms with van der Waals surface area (Å²) in [5.41, 5.74) is 0. The Morgan fingerprint density at radius 3 is 0.952 bits per heavy atom. The quantitative estimate of drug-likeness (QED) is 0.0287. The zero-order valence-electron chi connectivity index (χ0n) is 56.3. The molecule has 0 radical (unpaired) electrons. The molecule has 0 bridgehead atoms. The molecule has 0 aromatic carbocycles. The second-order valence-electron chi connectivity index (χ2n) is 26.1. The van der Waals surface area contributed by atoms with Crippen molar-refractivity contribution in [2.45, 2.75) is 272 Å². The van der Waals surface area contributed by atoms with Crippen LogP contribution in [-0.4, -0.2) is 459 Å². The van der Waals surface area contributed by atoms with Crippen LogP contribution in [0.5, 0.6) is 0 Å². The maximum Gasteiger partial charge on any atom is 0.217 e. The zero-order valence-corrected chi connectivity index (χ0v) is 56.3. The molecule has 0 saturated carbocycles. The molecule has 8 fully saturated rings. The van der Waals surface area contributed by atoms with Gasteiger partial charge in [-0.3, -0.25) is 19.2 Å². The average Bonchev–Trinajstić information content (AvgIpc) is 0.776. The van der Waals surface area contributed by atoms with Gasteiger partial charge in [0.05, 0.1) is 72.1 Å². The Balaban J connectivity index is 0.935. The number of hydrogen-bond acceptors (Lipinski definition) is 43. The predicted molar refractivity (Wildman–Crippen MR) is 323 cm³/mol. The minimum absolute atomic E-state index is 0.262. The van der Waals surface area contributed by atoms with E-state index in [1.807, 2.05) is 0 Å². The highest BCUT2D eigenvalue weighted by Crippen LogP contribution is 2.39. The van der Waals surface area contributed by atoms with E-state index >= 15 is 0 Å². The molecule has 4 amide bonds. The molecule has 608 valence electrons. The summed E-state index contributed by atoms with van der Waals surface area (Å²) < 4.78 is 92.5. The number of amides is 4. The predicted octanol–water partition coefficient (Wildman–Crippen LogP) is -18.9. The van der Waals surface area contributed by atoms with Gasteiger partial charge in [-0.15, -0.1) is 0 Å². The highest BCUT2D eigenvalue weighted by molar-refractivity contribution is 5.74. The molecular formula is C58H98N4O43. The molecule has 0 aliphatic carbocycles. The molecule has 8 aliphatic rings. The summed E-state index contributed by atoms with van der Waals surface area (Å²) in [6.07, 6.45) is -72.2. The van der Waals surface area contributed by atoms with E-state index < -0.39 is 335 Å². The molecule has 27 N–H and O–H groups in total. The van der Waals surface area contributed by atoms with E-state index in [-0.39, 0.29) is 6.41 Å². The van der Waals surface area contributed by atoms with Gasteiger partial charge >= 0.3 is 0 Å². The van der Waals surface area contributed by atoms with Crippen molar-refractivity contribution in [2.75, 3.05) is 66.1 Å². The van der Waals surface area contributed by atoms with E-state index in [1.165, 1.54) is 0 Å². The minimum atomic E-state index is -2.26. The molecule has 8 aliphatic heterocycles. The third kappa shape index (κ3) is 19.8. The average molecular weight is 1540 g/mol. The number of carbonyl (C=O) groups is 4. The van der Waals surface area contributed by atoms with Crippen molar-refractivity contribution < 1.29 is 212 Å². The van der Waals surface area contributed by atoms with E-state index in [0.29, 0.717) is 0 Å². The number of carbonyl (C=O) groups excluding carboxylic acids is 4. The Bertz CT molecular complexity index is 2700. The van der Waals surface area contributed by atoms with Gasteiger partial charge in [-0.2, -0.15) is 0 Å². The second kappa shape index (κ2) is 39.0. The normalized spacial score (nSPS) is 47.3. The molecule has 8 rings (SSSR count). The fraction of sp³-hybridized carbons (Fsp3) is 0.931. The van der Waals surface area contributed by atoms with Gasteiger partial charge in [0.2, 0.25) is 24.1 Å². The van der Waals surface area contributed by atoms with Crippen LogP contribution < -0.4 is 21.3 Å². The summed E-state index contributed by atoms with van der Waals surface area (Å²) in [5.74, 6) is -2.65. The van der Waals surface area contributed by atoms with Crippen LogP contribution in [-0.2, 0) is 95.0 Å². The standard InChI is InChI=1S/C58H98N4O43/c1-15(72)60-27-34(79)45(102-57-43(88)49(32(77)20(6-65)93-57)104-52-28(61-16(2)73)35(80)46(23(9-68)96-52)100-55-40(85)37(82)30(75)19(5-64)92-55)22(8-67)95-51(27)91-13-26-31(76)38(83)41(86)56(99-26)101-47-24(10-69)97-53(29(36(47)81)62-17(3)74)105-50-33(78)21(7-66)94-58(44(50)89)103-48-25(11-70)98-54(42(87)39(48)84)90-12-18(4-63)59-14-71/h14,18-58,63-70,75-89H,4-13H2,1-3H3,(H,59,71)(H,60,72)(H,61,73)(H,62,74)/t18-,19-,20-,21-,22-,23-,24-,25-,26-,27-,28-,29-,30+,31+,32+,33+,34-,35-,36-,37+,38+,39-,40-,41-,42-,43-,44-,45-,46-,47-,48-,49+,50+,51-,52+,53+,54-,55+,56+,57+,58+/m1/s1. The first kappa shape index (κ1) is 86.9. The van der Waals surface area contributed by atoms with E-state index in [9.17, 15) is 137 Å². The SMILES string of the molecule is CC(=O)N[C@H]1[C@H](O[C@H]2[C@@H](O)[C@@H](CO)O[C@@H](O[C@H]3[C@H](O)[C@@H](O)[C@H](OC[C@@H](CO)NC=O)O[C@@H]3CO)[C@@H]2O)O[C@H](CO)[C@@H](O[C@@H]2O[C@H](CO[C@@H]3O[C@H](CO)[C@@H](O[C@@H]4O[C@H](CO)[C@H](O)[C@H](O[C@@H]5O[C@H](CO)[C@@H](O[C@@H]6O[C@H](CO)[C@H](O)[C@H](O)[C@H]6O)[C@H](O)[C@H]5NC(C)=O)[C@H]4O)[C@H](O)[C@H]3NC(C)=O)[C@H](O)[C@H](O)[C@H]2O)[C@@H]1O. The minimum Gasteiger partial charge on any atom is -0.394 e. The summed E-state index contributed by atoms with van der Waals surface area (Å²) in [7, 11) is 0. The first-order chi connectivity index (χ1) is 49.8. The van der Waals surface area contributed by atoms with Crippen molar-refractivity contribution >= 4 is 24.1 Å². The van der Waals surface area contributed by atoms with Gasteiger partial charge in [0, 0.05) is 20.8 Å². The lowest BCUT2D eigenvalue weighted by Gasteiger charge is -2.50. The molecule has 105 heavy (non-hydrogen) atoms. The largest absolute Gasteiger partial charge is 0.394 e. The van der Waals surface area contributed by atoms with E-state index in [0.717, 1.165) is 20.8 Å². The Kier molecular flexibility index (Phi) is 32.3. The molecule has 47 nitrogen and oxygen atoms in total. The molecule has 41 atom stereocenters. The summed E-state index contributed by atoms with van der Waals surface area (Å²) in [4.78, 5) is 49.1. The first-order valence-corrected chi connectivity index (χ1v) is 33.3. The number of hydrogen-bond donors (Lipinski definition) is 27.